The Hall–Kier alpha value is -3.28. The van der Waals surface area contributed by atoms with E-state index in [1.54, 1.807) is 24.3 Å². The van der Waals surface area contributed by atoms with E-state index in [1.807, 2.05) is 31.2 Å². The molecule has 2 amide bonds. The van der Waals surface area contributed by atoms with Gasteiger partial charge in [-0.1, -0.05) is 29.8 Å². The van der Waals surface area contributed by atoms with Gasteiger partial charge >= 0.3 is 0 Å². The summed E-state index contributed by atoms with van der Waals surface area (Å²) in [4.78, 5) is 24.0. The van der Waals surface area contributed by atoms with E-state index in [4.69, 9.17) is 9.47 Å². The minimum absolute atomic E-state index is 0.212. The number of hydrogen-bond acceptors (Lipinski definition) is 4. The number of rotatable bonds is 8. The summed E-state index contributed by atoms with van der Waals surface area (Å²) in [5.74, 6) is 0.581. The number of carbonyl (C=O) groups is 2. The van der Waals surface area contributed by atoms with E-state index in [0.29, 0.717) is 30.2 Å². The molecule has 27 heavy (non-hydrogen) atoms. The van der Waals surface area contributed by atoms with Crippen molar-refractivity contribution in [2.24, 2.45) is 0 Å². The van der Waals surface area contributed by atoms with Crippen LogP contribution in [0, 0.1) is 6.92 Å². The third-order valence-electron chi connectivity index (χ3n) is 3.86. The summed E-state index contributed by atoms with van der Waals surface area (Å²) in [6, 6.07) is 12.8. The molecule has 142 valence electrons. The van der Waals surface area contributed by atoms with Gasteiger partial charge in [0.1, 0.15) is 0 Å². The van der Waals surface area contributed by atoms with Gasteiger partial charge in [0.25, 0.3) is 5.91 Å². The van der Waals surface area contributed by atoms with Gasteiger partial charge in [0.05, 0.1) is 14.2 Å². The number of amides is 2. The highest BCUT2D eigenvalue weighted by Crippen LogP contribution is 2.27. The Kier molecular flexibility index (Phi) is 7.43. The molecule has 2 aromatic carbocycles. The van der Waals surface area contributed by atoms with Crippen LogP contribution in [0.15, 0.2) is 48.5 Å². The van der Waals surface area contributed by atoms with Gasteiger partial charge in [-0.2, -0.15) is 0 Å². The van der Waals surface area contributed by atoms with Crippen molar-refractivity contribution in [3.05, 3.63) is 65.2 Å². The van der Waals surface area contributed by atoms with E-state index < -0.39 is 0 Å². The second kappa shape index (κ2) is 10.0. The average molecular weight is 368 g/mol. The zero-order valence-corrected chi connectivity index (χ0v) is 15.7. The Morgan fingerprint density at radius 1 is 0.926 bits per heavy atom. The van der Waals surface area contributed by atoms with Gasteiger partial charge in [0.2, 0.25) is 5.91 Å². The van der Waals surface area contributed by atoms with Gasteiger partial charge in [-0.15, -0.1) is 0 Å². The summed E-state index contributed by atoms with van der Waals surface area (Å²) in [6.45, 7) is 2.66. The van der Waals surface area contributed by atoms with Crippen molar-refractivity contribution in [2.45, 2.75) is 6.92 Å². The number of hydrogen-bond donors (Lipinski definition) is 2. The summed E-state index contributed by atoms with van der Waals surface area (Å²) in [6.07, 6.45) is 3.22. The van der Waals surface area contributed by atoms with Crippen molar-refractivity contribution in [1.82, 2.24) is 10.6 Å². The first-order valence-electron chi connectivity index (χ1n) is 8.56. The van der Waals surface area contributed by atoms with Crippen LogP contribution >= 0.6 is 0 Å². The molecule has 0 aliphatic heterocycles. The van der Waals surface area contributed by atoms with Gasteiger partial charge < -0.3 is 20.1 Å². The molecule has 0 saturated heterocycles. The molecule has 0 aliphatic carbocycles. The zero-order chi connectivity index (χ0) is 19.6. The minimum Gasteiger partial charge on any atom is -0.493 e. The summed E-state index contributed by atoms with van der Waals surface area (Å²) in [7, 11) is 3.05. The van der Waals surface area contributed by atoms with E-state index in [2.05, 4.69) is 10.6 Å². The Balaban J connectivity index is 1.76. The van der Waals surface area contributed by atoms with Crippen molar-refractivity contribution in [2.75, 3.05) is 27.3 Å². The van der Waals surface area contributed by atoms with Crippen LogP contribution in [0.2, 0.25) is 0 Å². The maximum Gasteiger partial charge on any atom is 0.251 e. The lowest BCUT2D eigenvalue weighted by molar-refractivity contribution is -0.116. The van der Waals surface area contributed by atoms with Gasteiger partial charge in [-0.05, 0) is 36.8 Å². The lowest BCUT2D eigenvalue weighted by atomic mass is 10.1. The third-order valence-corrected chi connectivity index (χ3v) is 3.86. The number of ether oxygens (including phenoxy) is 2. The predicted molar refractivity (Wildman–Crippen MR) is 105 cm³/mol. The first kappa shape index (κ1) is 20.0. The molecule has 0 aromatic heterocycles. The number of aryl methyl sites for hydroxylation is 1. The lowest BCUT2D eigenvalue weighted by Crippen LogP contribution is -2.34. The molecule has 6 heteroatoms. The molecule has 0 bridgehead atoms. The summed E-state index contributed by atoms with van der Waals surface area (Å²) < 4.78 is 10.3. The van der Waals surface area contributed by atoms with E-state index in [1.165, 1.54) is 25.9 Å². The van der Waals surface area contributed by atoms with Crippen LogP contribution in [0.5, 0.6) is 11.5 Å². The summed E-state index contributed by atoms with van der Waals surface area (Å²) in [5.41, 5.74) is 2.58. The maximum absolute atomic E-state index is 12.2. The molecule has 0 aliphatic rings. The first-order chi connectivity index (χ1) is 13.0. The van der Waals surface area contributed by atoms with Crippen molar-refractivity contribution in [3.8, 4) is 11.5 Å². The summed E-state index contributed by atoms with van der Waals surface area (Å²) >= 11 is 0. The standard InChI is InChI=1S/C21H24N2O4/c1-15-4-6-16(7-5-15)8-11-20(24)22-12-13-23-21(25)17-9-10-18(26-2)19(14-17)27-3/h4-11,14H,12-13H2,1-3H3,(H,22,24)(H,23,25)/b11-8+. The quantitative estimate of drug-likeness (QED) is 0.555. The fraction of sp³-hybridized carbons (Fsp3) is 0.238. The Morgan fingerprint density at radius 3 is 2.26 bits per heavy atom. The molecular weight excluding hydrogens is 344 g/mol. The number of benzene rings is 2. The summed E-state index contributed by atoms with van der Waals surface area (Å²) in [5, 5.41) is 5.48. The SMILES string of the molecule is COc1ccc(C(=O)NCCNC(=O)/C=C/c2ccc(C)cc2)cc1OC. The van der Waals surface area contributed by atoms with Crippen LogP contribution in [-0.2, 0) is 4.79 Å². The smallest absolute Gasteiger partial charge is 0.251 e. The molecule has 0 fully saturated rings. The Morgan fingerprint density at radius 2 is 1.59 bits per heavy atom. The largest absolute Gasteiger partial charge is 0.493 e. The molecule has 0 saturated carbocycles. The molecule has 0 radical (unpaired) electrons. The minimum atomic E-state index is -0.250. The molecule has 0 spiro atoms. The Bertz CT molecular complexity index is 813. The molecule has 6 nitrogen and oxygen atoms in total. The van der Waals surface area contributed by atoms with Crippen LogP contribution < -0.4 is 20.1 Å². The monoisotopic (exact) mass is 368 g/mol. The van der Waals surface area contributed by atoms with Crippen LogP contribution in [0.25, 0.3) is 6.08 Å². The normalized spacial score (nSPS) is 10.5. The fourth-order valence-corrected chi connectivity index (χ4v) is 2.35. The number of methoxy groups -OCH3 is 2. The molecule has 2 aromatic rings. The fourth-order valence-electron chi connectivity index (χ4n) is 2.35. The maximum atomic E-state index is 12.2. The van der Waals surface area contributed by atoms with Crippen molar-refractivity contribution in [1.29, 1.82) is 0 Å². The van der Waals surface area contributed by atoms with Crippen LogP contribution in [0.4, 0.5) is 0 Å². The van der Waals surface area contributed by atoms with Crippen molar-refractivity contribution >= 4 is 17.9 Å². The lowest BCUT2D eigenvalue weighted by Gasteiger charge is -2.10. The highest BCUT2D eigenvalue weighted by atomic mass is 16.5. The molecule has 0 atom stereocenters. The molecule has 2 N–H and O–H groups in total. The number of nitrogens with one attached hydrogen (secondary N) is 2. The molecule has 0 unspecified atom stereocenters. The van der Waals surface area contributed by atoms with Gasteiger partial charge in [0, 0.05) is 24.7 Å². The van der Waals surface area contributed by atoms with Crippen molar-refractivity contribution in [3.63, 3.8) is 0 Å². The van der Waals surface area contributed by atoms with E-state index >= 15 is 0 Å². The highest BCUT2D eigenvalue weighted by Gasteiger charge is 2.10. The van der Waals surface area contributed by atoms with E-state index in [-0.39, 0.29) is 11.8 Å². The Labute approximate surface area is 159 Å². The molecule has 0 heterocycles. The molecular formula is C21H24N2O4. The van der Waals surface area contributed by atoms with Crippen LogP contribution in [-0.4, -0.2) is 39.1 Å². The zero-order valence-electron chi connectivity index (χ0n) is 15.7. The van der Waals surface area contributed by atoms with E-state index in [0.717, 1.165) is 5.56 Å². The van der Waals surface area contributed by atoms with E-state index in [9.17, 15) is 9.59 Å². The van der Waals surface area contributed by atoms with Gasteiger partial charge in [-0.25, -0.2) is 0 Å². The number of carbonyl (C=O) groups excluding carboxylic acids is 2. The average Bonchev–Trinajstić information content (AvgIpc) is 2.70. The second-order valence-electron chi connectivity index (χ2n) is 5.86. The highest BCUT2D eigenvalue weighted by molar-refractivity contribution is 5.95. The van der Waals surface area contributed by atoms with Gasteiger partial charge in [0.15, 0.2) is 11.5 Å². The van der Waals surface area contributed by atoms with Crippen LogP contribution in [0.1, 0.15) is 21.5 Å². The molecule has 2 rings (SSSR count). The second-order valence-corrected chi connectivity index (χ2v) is 5.86. The van der Waals surface area contributed by atoms with Gasteiger partial charge in [-0.3, -0.25) is 9.59 Å². The first-order valence-corrected chi connectivity index (χ1v) is 8.56. The predicted octanol–water partition coefficient (Wildman–Crippen LogP) is 2.57. The van der Waals surface area contributed by atoms with Crippen molar-refractivity contribution < 1.29 is 19.1 Å². The van der Waals surface area contributed by atoms with Crippen LogP contribution in [0.3, 0.4) is 0 Å². The topological polar surface area (TPSA) is 76.7 Å². The third kappa shape index (κ3) is 6.18.